The van der Waals surface area contributed by atoms with Crippen LogP contribution in [0.2, 0.25) is 0 Å². The van der Waals surface area contributed by atoms with Crippen LogP contribution in [0.1, 0.15) is 207 Å². The number of carbonyl (C=O) groups excluding carboxylic acids is 2. The molecule has 0 fully saturated rings. The third kappa shape index (κ3) is 44.9. The molecule has 0 aliphatic carbocycles. The molecule has 3 N–H and O–H groups in total. The molecular weight excluding hydrogens is 791 g/mol. The lowest BCUT2D eigenvalue weighted by atomic mass is 10.0. The summed E-state index contributed by atoms with van der Waals surface area (Å²) in [6.45, 7) is 6.19. The molecule has 0 bridgehead atoms. The maximum atomic E-state index is 13.2. The van der Waals surface area contributed by atoms with E-state index in [0.29, 0.717) is 19.3 Å². The molecule has 0 aliphatic rings. The van der Waals surface area contributed by atoms with Gasteiger partial charge in [-0.25, -0.2) is 0 Å². The van der Waals surface area contributed by atoms with Gasteiger partial charge in [0, 0.05) is 6.42 Å². The number of aliphatic hydroxyl groups excluding tert-OH is 2. The molecule has 3 unspecified atom stereocenters. The third-order valence-electron chi connectivity index (χ3n) is 10.9. The molecule has 0 saturated carbocycles. The minimum Gasteiger partial charge on any atom is -0.462 e. The number of rotatable bonds is 44. The van der Waals surface area contributed by atoms with Crippen LogP contribution >= 0.6 is 0 Å². The van der Waals surface area contributed by atoms with Crippen LogP contribution in [0.3, 0.4) is 0 Å². The Morgan fingerprint density at radius 3 is 1.47 bits per heavy atom. The van der Waals surface area contributed by atoms with E-state index in [0.717, 1.165) is 89.9 Å². The Hall–Kier alpha value is -3.74. The highest BCUT2D eigenvalue weighted by Crippen LogP contribution is 2.16. The minimum absolute atomic E-state index is 0.0134. The van der Waals surface area contributed by atoms with Crippen LogP contribution in [0.4, 0.5) is 0 Å². The van der Waals surface area contributed by atoms with Gasteiger partial charge < -0.3 is 20.3 Å². The lowest BCUT2D eigenvalue weighted by molar-refractivity contribution is -0.151. The molecule has 3 atom stereocenters. The van der Waals surface area contributed by atoms with Crippen LogP contribution in [-0.2, 0) is 14.3 Å². The van der Waals surface area contributed by atoms with E-state index in [-0.39, 0.29) is 24.9 Å². The number of unbranched alkanes of at least 4 members (excludes halogenated alkanes) is 17. The molecule has 0 saturated heterocycles. The summed E-state index contributed by atoms with van der Waals surface area (Å²) in [5.74, 6) is -0.592. The molecule has 0 heterocycles. The van der Waals surface area contributed by atoms with Crippen molar-refractivity contribution in [2.75, 3.05) is 6.61 Å². The Balaban J connectivity index is 4.77. The number of hydrogen-bond donors (Lipinski definition) is 3. The number of ether oxygens (including phenoxy) is 1. The standard InChI is InChI=1S/C58H95NO5/c1-4-7-10-13-16-19-22-25-28-29-30-33-36-39-42-45-48-51-58(63)64-54(49-46-43-40-37-34-31-26-23-20-17-14-11-8-5-2)52-57(62)59-55(53-60)56(61)50-47-44-41-38-35-32-27-24-21-18-15-12-9-6-3/h7-8,10-11,13,16-17,19-20,22,25-26,28-31,33,36-37,40,54-56,60-61H,4-6,9,12,14-15,18,21,23-24,27,32,34-35,38-39,41-53H2,1-3H3,(H,59,62)/b10-7-,11-8+,16-13+,20-17+,22-19+,28-25-,30-29+,31-26+,36-33+,40-37+. The predicted molar refractivity (Wildman–Crippen MR) is 277 cm³/mol. The lowest BCUT2D eigenvalue weighted by Gasteiger charge is -2.24. The summed E-state index contributed by atoms with van der Waals surface area (Å²) in [6, 6.07) is -0.737. The van der Waals surface area contributed by atoms with Crippen LogP contribution in [0.25, 0.3) is 0 Å². The summed E-state index contributed by atoms with van der Waals surface area (Å²) in [4.78, 5) is 26.1. The Morgan fingerprint density at radius 2 is 0.938 bits per heavy atom. The first kappa shape index (κ1) is 60.3. The minimum atomic E-state index is -0.818. The number of hydrogen-bond acceptors (Lipinski definition) is 5. The van der Waals surface area contributed by atoms with Gasteiger partial charge in [-0.3, -0.25) is 9.59 Å². The smallest absolute Gasteiger partial charge is 0.306 e. The molecule has 0 aromatic carbocycles. The summed E-state index contributed by atoms with van der Waals surface area (Å²) in [5.41, 5.74) is 0. The van der Waals surface area contributed by atoms with Crippen molar-refractivity contribution in [3.05, 3.63) is 122 Å². The van der Waals surface area contributed by atoms with Crippen molar-refractivity contribution in [3.8, 4) is 0 Å². The molecule has 64 heavy (non-hydrogen) atoms. The Kier molecular flexibility index (Phi) is 47.3. The maximum absolute atomic E-state index is 13.2. The van der Waals surface area contributed by atoms with Gasteiger partial charge in [-0.15, -0.1) is 0 Å². The average Bonchev–Trinajstić information content (AvgIpc) is 3.29. The highest BCUT2D eigenvalue weighted by atomic mass is 16.5. The fourth-order valence-corrected chi connectivity index (χ4v) is 7.10. The molecule has 362 valence electrons. The topological polar surface area (TPSA) is 95.9 Å². The van der Waals surface area contributed by atoms with Gasteiger partial charge in [-0.2, -0.15) is 0 Å². The van der Waals surface area contributed by atoms with Crippen molar-refractivity contribution >= 4 is 11.9 Å². The largest absolute Gasteiger partial charge is 0.462 e. The van der Waals surface area contributed by atoms with Crippen LogP contribution in [0.5, 0.6) is 0 Å². The number of amides is 1. The van der Waals surface area contributed by atoms with E-state index in [9.17, 15) is 19.8 Å². The van der Waals surface area contributed by atoms with Crippen LogP contribution < -0.4 is 5.32 Å². The van der Waals surface area contributed by atoms with Crippen molar-refractivity contribution in [2.24, 2.45) is 0 Å². The number of esters is 1. The number of allylic oxidation sites excluding steroid dienone is 20. The second-order valence-corrected chi connectivity index (χ2v) is 17.0. The first-order chi connectivity index (χ1) is 31.5. The van der Waals surface area contributed by atoms with Crippen molar-refractivity contribution in [1.29, 1.82) is 0 Å². The van der Waals surface area contributed by atoms with E-state index >= 15 is 0 Å². The van der Waals surface area contributed by atoms with E-state index in [2.05, 4.69) is 86.8 Å². The zero-order valence-corrected chi connectivity index (χ0v) is 41.1. The average molecular weight is 886 g/mol. The van der Waals surface area contributed by atoms with Gasteiger partial charge in [-0.1, -0.05) is 239 Å². The quantitative estimate of drug-likeness (QED) is 0.0245. The summed E-state index contributed by atoms with van der Waals surface area (Å²) in [7, 11) is 0. The molecule has 0 spiro atoms. The van der Waals surface area contributed by atoms with Crippen molar-refractivity contribution in [3.63, 3.8) is 0 Å². The maximum Gasteiger partial charge on any atom is 0.306 e. The Bertz CT molecular complexity index is 1360. The predicted octanol–water partition coefficient (Wildman–Crippen LogP) is 15.7. The van der Waals surface area contributed by atoms with E-state index in [1.54, 1.807) is 0 Å². The van der Waals surface area contributed by atoms with Crippen LogP contribution in [0.15, 0.2) is 122 Å². The van der Waals surface area contributed by atoms with Gasteiger partial charge in [0.05, 0.1) is 25.2 Å². The van der Waals surface area contributed by atoms with Crippen LogP contribution in [0, 0.1) is 0 Å². The highest BCUT2D eigenvalue weighted by molar-refractivity contribution is 5.77. The van der Waals surface area contributed by atoms with Gasteiger partial charge >= 0.3 is 5.97 Å². The first-order valence-electron chi connectivity index (χ1n) is 25.8. The summed E-state index contributed by atoms with van der Waals surface area (Å²) in [5, 5.41) is 23.8. The monoisotopic (exact) mass is 886 g/mol. The second kappa shape index (κ2) is 50.3. The molecule has 1 amide bonds. The third-order valence-corrected chi connectivity index (χ3v) is 10.9. The molecule has 6 nitrogen and oxygen atoms in total. The van der Waals surface area contributed by atoms with Crippen LogP contribution in [-0.4, -0.2) is 46.9 Å². The van der Waals surface area contributed by atoms with E-state index in [4.69, 9.17) is 4.74 Å². The van der Waals surface area contributed by atoms with E-state index < -0.39 is 18.2 Å². The van der Waals surface area contributed by atoms with Gasteiger partial charge in [0.25, 0.3) is 0 Å². The fraction of sp³-hybridized carbons (Fsp3) is 0.621. The summed E-state index contributed by atoms with van der Waals surface area (Å²) in [6.07, 6.45) is 69.7. The Labute approximate surface area is 393 Å². The zero-order chi connectivity index (χ0) is 46.7. The van der Waals surface area contributed by atoms with E-state index in [1.165, 1.54) is 70.6 Å². The van der Waals surface area contributed by atoms with Crippen molar-refractivity contribution in [1.82, 2.24) is 5.32 Å². The summed E-state index contributed by atoms with van der Waals surface area (Å²) < 4.78 is 5.88. The Morgan fingerprint density at radius 1 is 0.484 bits per heavy atom. The fourth-order valence-electron chi connectivity index (χ4n) is 7.10. The normalized spacial score (nSPS) is 14.3. The molecule has 0 aromatic heterocycles. The number of carbonyl (C=O) groups is 2. The van der Waals surface area contributed by atoms with E-state index in [1.807, 2.05) is 60.8 Å². The SMILES string of the molecule is CC\C=C/C=C/C=C/C=C\C=C\C=C\CCCCCC(=O)OC(CCC/C=C/C/C=C/C/C=C/C/C=C/CC)CC(=O)NC(CO)C(O)CCCCCCCCCCCCCCCC. The van der Waals surface area contributed by atoms with Crippen molar-refractivity contribution < 1.29 is 24.5 Å². The first-order valence-corrected chi connectivity index (χ1v) is 25.8. The van der Waals surface area contributed by atoms with Gasteiger partial charge in [-0.05, 0) is 77.0 Å². The molecule has 0 rings (SSSR count). The lowest BCUT2D eigenvalue weighted by Crippen LogP contribution is -2.46. The van der Waals surface area contributed by atoms with Gasteiger partial charge in [0.15, 0.2) is 0 Å². The van der Waals surface area contributed by atoms with Gasteiger partial charge in [0.1, 0.15) is 6.10 Å². The zero-order valence-electron chi connectivity index (χ0n) is 41.1. The highest BCUT2D eigenvalue weighted by Gasteiger charge is 2.24. The molecule has 6 heteroatoms. The number of nitrogens with one attached hydrogen (secondary N) is 1. The molecule has 0 radical (unpaired) electrons. The van der Waals surface area contributed by atoms with Crippen molar-refractivity contribution in [2.45, 2.75) is 225 Å². The molecule has 0 aliphatic heterocycles. The van der Waals surface area contributed by atoms with Gasteiger partial charge in [0.2, 0.25) is 5.91 Å². The second-order valence-electron chi connectivity index (χ2n) is 17.0. The number of aliphatic hydroxyl groups is 2. The summed E-state index contributed by atoms with van der Waals surface area (Å²) >= 11 is 0. The molecular formula is C58H95NO5. The molecule has 0 aromatic rings.